The number of ether oxygens (including phenoxy) is 1. The predicted octanol–water partition coefficient (Wildman–Crippen LogP) is 2.27. The first-order valence-corrected chi connectivity index (χ1v) is 5.68. The van der Waals surface area contributed by atoms with Gasteiger partial charge in [0.15, 0.2) is 0 Å². The molecule has 1 fully saturated rings. The van der Waals surface area contributed by atoms with Gasteiger partial charge in [0.25, 0.3) is 0 Å². The van der Waals surface area contributed by atoms with Crippen molar-refractivity contribution in [1.29, 1.82) is 0 Å². The summed E-state index contributed by atoms with van der Waals surface area (Å²) in [6.45, 7) is 7.06. The summed E-state index contributed by atoms with van der Waals surface area (Å²) < 4.78 is 6.40. The first-order chi connectivity index (χ1) is 6.65. The van der Waals surface area contributed by atoms with Crippen molar-refractivity contribution in [3.05, 3.63) is 11.1 Å². The molecule has 0 N–H and O–H groups in total. The SMILES string of the molecule is C=C(Br)CCN1C(=O)CCC1OCC. The number of rotatable bonds is 5. The molecular weight excluding hydrogens is 246 g/mol. The summed E-state index contributed by atoms with van der Waals surface area (Å²) in [5, 5.41) is 0. The number of halogens is 1. The highest BCUT2D eigenvalue weighted by atomic mass is 79.9. The van der Waals surface area contributed by atoms with Crippen LogP contribution in [0.3, 0.4) is 0 Å². The van der Waals surface area contributed by atoms with Crippen LogP contribution in [0, 0.1) is 0 Å². The van der Waals surface area contributed by atoms with Gasteiger partial charge in [-0.3, -0.25) is 4.79 Å². The van der Waals surface area contributed by atoms with Crippen molar-refractivity contribution in [2.75, 3.05) is 13.2 Å². The Morgan fingerprint density at radius 3 is 3.07 bits per heavy atom. The molecule has 0 aromatic rings. The van der Waals surface area contributed by atoms with Gasteiger partial charge in [0, 0.05) is 26.0 Å². The number of hydrogen-bond donors (Lipinski definition) is 0. The molecule has 80 valence electrons. The van der Waals surface area contributed by atoms with E-state index < -0.39 is 0 Å². The molecule has 4 heteroatoms. The second-order valence-corrected chi connectivity index (χ2v) is 4.42. The van der Waals surface area contributed by atoms with Crippen molar-refractivity contribution in [2.45, 2.75) is 32.4 Å². The summed E-state index contributed by atoms with van der Waals surface area (Å²) in [6.07, 6.45) is 2.20. The number of amides is 1. The van der Waals surface area contributed by atoms with Gasteiger partial charge in [-0.1, -0.05) is 22.5 Å². The van der Waals surface area contributed by atoms with Gasteiger partial charge in [0.05, 0.1) is 0 Å². The number of carbonyl (C=O) groups is 1. The topological polar surface area (TPSA) is 29.5 Å². The van der Waals surface area contributed by atoms with E-state index in [0.717, 1.165) is 17.3 Å². The summed E-state index contributed by atoms with van der Waals surface area (Å²) in [5.74, 6) is 0.192. The fraction of sp³-hybridized carbons (Fsp3) is 0.700. The fourth-order valence-corrected chi connectivity index (χ4v) is 1.76. The highest BCUT2D eigenvalue weighted by Crippen LogP contribution is 2.21. The van der Waals surface area contributed by atoms with Crippen LogP contribution >= 0.6 is 15.9 Å². The largest absolute Gasteiger partial charge is 0.359 e. The Bertz CT molecular complexity index is 230. The smallest absolute Gasteiger partial charge is 0.224 e. The van der Waals surface area contributed by atoms with Crippen LogP contribution in [-0.4, -0.2) is 30.2 Å². The fourth-order valence-electron chi connectivity index (χ4n) is 1.58. The van der Waals surface area contributed by atoms with Gasteiger partial charge >= 0.3 is 0 Å². The molecule has 1 saturated heterocycles. The van der Waals surface area contributed by atoms with Crippen LogP contribution in [-0.2, 0) is 9.53 Å². The summed E-state index contributed by atoms with van der Waals surface area (Å²) in [7, 11) is 0. The van der Waals surface area contributed by atoms with Crippen molar-refractivity contribution < 1.29 is 9.53 Å². The molecule has 1 heterocycles. The van der Waals surface area contributed by atoms with E-state index in [-0.39, 0.29) is 12.1 Å². The minimum Gasteiger partial charge on any atom is -0.359 e. The zero-order valence-electron chi connectivity index (χ0n) is 8.46. The Kier molecular flexibility index (Phi) is 4.62. The van der Waals surface area contributed by atoms with Crippen LogP contribution in [0.5, 0.6) is 0 Å². The average molecular weight is 262 g/mol. The third kappa shape index (κ3) is 3.10. The molecule has 1 amide bonds. The van der Waals surface area contributed by atoms with E-state index in [4.69, 9.17) is 4.74 Å². The molecule has 1 rings (SSSR count). The van der Waals surface area contributed by atoms with Crippen molar-refractivity contribution in [1.82, 2.24) is 4.90 Å². The summed E-state index contributed by atoms with van der Waals surface area (Å²) >= 11 is 3.29. The van der Waals surface area contributed by atoms with Gasteiger partial charge in [-0.15, -0.1) is 0 Å². The first kappa shape index (κ1) is 11.7. The van der Waals surface area contributed by atoms with Crippen molar-refractivity contribution in [2.24, 2.45) is 0 Å². The summed E-state index contributed by atoms with van der Waals surface area (Å²) in [5.41, 5.74) is 0. The zero-order valence-corrected chi connectivity index (χ0v) is 10.0. The van der Waals surface area contributed by atoms with E-state index in [0.29, 0.717) is 19.6 Å². The van der Waals surface area contributed by atoms with E-state index >= 15 is 0 Å². The normalized spacial score (nSPS) is 21.7. The van der Waals surface area contributed by atoms with Gasteiger partial charge in [0.1, 0.15) is 6.23 Å². The van der Waals surface area contributed by atoms with E-state index in [1.165, 1.54) is 0 Å². The highest BCUT2D eigenvalue weighted by Gasteiger charge is 2.30. The van der Waals surface area contributed by atoms with Gasteiger partial charge in [-0.05, 0) is 17.8 Å². The van der Waals surface area contributed by atoms with Gasteiger partial charge < -0.3 is 9.64 Å². The van der Waals surface area contributed by atoms with Crippen LogP contribution in [0.25, 0.3) is 0 Å². The van der Waals surface area contributed by atoms with Crippen LogP contribution in [0.2, 0.25) is 0 Å². The van der Waals surface area contributed by atoms with Crippen molar-refractivity contribution >= 4 is 21.8 Å². The molecule has 1 aliphatic rings. The van der Waals surface area contributed by atoms with E-state index in [1.54, 1.807) is 4.90 Å². The van der Waals surface area contributed by atoms with E-state index in [9.17, 15) is 4.79 Å². The molecule has 1 unspecified atom stereocenters. The monoisotopic (exact) mass is 261 g/mol. The number of carbonyl (C=O) groups excluding carboxylic acids is 1. The molecule has 0 saturated carbocycles. The second kappa shape index (κ2) is 5.51. The van der Waals surface area contributed by atoms with Crippen LogP contribution in [0.15, 0.2) is 11.1 Å². The lowest BCUT2D eigenvalue weighted by Crippen LogP contribution is -2.35. The maximum Gasteiger partial charge on any atom is 0.224 e. The summed E-state index contributed by atoms with van der Waals surface area (Å²) in [4.78, 5) is 13.3. The maximum atomic E-state index is 11.5. The molecule has 0 spiro atoms. The van der Waals surface area contributed by atoms with Crippen LogP contribution in [0.4, 0.5) is 0 Å². The predicted molar refractivity (Wildman–Crippen MR) is 59.0 cm³/mol. The molecule has 0 bridgehead atoms. The van der Waals surface area contributed by atoms with Crippen LogP contribution < -0.4 is 0 Å². The third-order valence-corrected chi connectivity index (χ3v) is 2.65. The second-order valence-electron chi connectivity index (χ2n) is 3.30. The van der Waals surface area contributed by atoms with Gasteiger partial charge in [0.2, 0.25) is 5.91 Å². The van der Waals surface area contributed by atoms with Crippen molar-refractivity contribution in [3.63, 3.8) is 0 Å². The molecule has 1 aliphatic heterocycles. The van der Waals surface area contributed by atoms with Crippen LogP contribution in [0.1, 0.15) is 26.2 Å². The molecule has 14 heavy (non-hydrogen) atoms. The maximum absolute atomic E-state index is 11.5. The minimum absolute atomic E-state index is 0.0145. The molecule has 0 aromatic heterocycles. The highest BCUT2D eigenvalue weighted by molar-refractivity contribution is 9.11. The summed E-state index contributed by atoms with van der Waals surface area (Å²) in [6, 6.07) is 0. The Hall–Kier alpha value is -0.350. The molecular formula is C10H16BrNO2. The lowest BCUT2D eigenvalue weighted by atomic mass is 10.3. The van der Waals surface area contributed by atoms with Gasteiger partial charge in [-0.25, -0.2) is 0 Å². The van der Waals surface area contributed by atoms with Gasteiger partial charge in [-0.2, -0.15) is 0 Å². The molecule has 3 nitrogen and oxygen atoms in total. The third-order valence-electron chi connectivity index (χ3n) is 2.26. The number of nitrogens with zero attached hydrogens (tertiary/aromatic N) is 1. The zero-order chi connectivity index (χ0) is 10.6. The van der Waals surface area contributed by atoms with E-state index in [1.807, 2.05) is 6.92 Å². The molecule has 0 aromatic carbocycles. The quantitative estimate of drug-likeness (QED) is 0.760. The van der Waals surface area contributed by atoms with E-state index in [2.05, 4.69) is 22.5 Å². The molecule has 1 atom stereocenters. The Labute approximate surface area is 93.2 Å². The first-order valence-electron chi connectivity index (χ1n) is 4.89. The Morgan fingerprint density at radius 2 is 2.50 bits per heavy atom. The van der Waals surface area contributed by atoms with Crippen molar-refractivity contribution in [3.8, 4) is 0 Å². The average Bonchev–Trinajstić information content (AvgIpc) is 2.45. The number of hydrogen-bond acceptors (Lipinski definition) is 2. The Morgan fingerprint density at radius 1 is 1.79 bits per heavy atom. The standard InChI is InChI=1S/C10H16BrNO2/c1-3-14-10-5-4-9(13)12(10)7-6-8(2)11/h10H,2-7H2,1H3. The lowest BCUT2D eigenvalue weighted by Gasteiger charge is -2.24. The minimum atomic E-state index is -0.0145. The molecule has 0 aliphatic carbocycles. The number of likely N-dealkylation sites (tertiary alicyclic amines) is 1. The molecule has 0 radical (unpaired) electrons. The Balaban J connectivity index is 2.44. The lowest BCUT2D eigenvalue weighted by molar-refractivity contribution is -0.135.